The lowest BCUT2D eigenvalue weighted by Gasteiger charge is -2.18. The Morgan fingerprint density at radius 3 is 3.00 bits per heavy atom. The second-order valence-corrected chi connectivity index (χ2v) is 4.35. The maximum absolute atomic E-state index is 10.9. The van der Waals surface area contributed by atoms with Crippen LogP contribution in [0.25, 0.3) is 0 Å². The first-order chi connectivity index (χ1) is 8.16. The summed E-state index contributed by atoms with van der Waals surface area (Å²) in [4.78, 5) is 10.9. The number of allylic oxidation sites excluding steroid dienone is 1. The molecule has 0 saturated carbocycles. The summed E-state index contributed by atoms with van der Waals surface area (Å²) in [6.45, 7) is 2.27. The highest BCUT2D eigenvalue weighted by atomic mass is 16.4. The van der Waals surface area contributed by atoms with E-state index in [1.54, 1.807) is 13.0 Å². The number of hydrogen-bond acceptors (Lipinski definition) is 3. The molecule has 0 aromatic carbocycles. The number of nitrogens with one attached hydrogen (secondary N) is 1. The molecule has 17 heavy (non-hydrogen) atoms. The number of aryl methyl sites for hydroxylation is 1. The summed E-state index contributed by atoms with van der Waals surface area (Å²) in [5.74, 6) is 0.227. The Labute approximate surface area is 100 Å². The van der Waals surface area contributed by atoms with Gasteiger partial charge in [-0.2, -0.15) is 0 Å². The predicted octanol–water partition coefficient (Wildman–Crippen LogP) is 2.48. The van der Waals surface area contributed by atoms with E-state index in [2.05, 4.69) is 17.5 Å². The quantitative estimate of drug-likeness (QED) is 0.787. The Bertz CT molecular complexity index is 434. The molecule has 0 aliphatic heterocycles. The standard InChI is InChI=1S/C13H17NO3/c1-9-12(13(15)16)7-11(17-9)8-14-10-5-3-2-4-6-10/h2-3,7,10,14H,4-6,8H2,1H3,(H,15,16). The van der Waals surface area contributed by atoms with Crippen LogP contribution in [-0.2, 0) is 6.54 Å². The number of carbonyl (C=O) groups is 1. The fourth-order valence-corrected chi connectivity index (χ4v) is 2.07. The minimum atomic E-state index is -0.932. The van der Waals surface area contributed by atoms with Crippen LogP contribution in [0.4, 0.5) is 0 Å². The number of carboxylic acid groups (broad SMARTS) is 1. The Balaban J connectivity index is 1.92. The summed E-state index contributed by atoms with van der Waals surface area (Å²) in [6, 6.07) is 2.07. The SMILES string of the molecule is Cc1oc(CNC2CC=CCC2)cc1C(=O)O. The summed E-state index contributed by atoms with van der Waals surface area (Å²) >= 11 is 0. The molecule has 1 atom stereocenters. The first-order valence-corrected chi connectivity index (χ1v) is 5.88. The largest absolute Gasteiger partial charge is 0.478 e. The summed E-state index contributed by atoms with van der Waals surface area (Å²) in [7, 11) is 0. The summed E-state index contributed by atoms with van der Waals surface area (Å²) in [5, 5.41) is 12.3. The number of aromatic carboxylic acids is 1. The van der Waals surface area contributed by atoms with Crippen LogP contribution in [0.3, 0.4) is 0 Å². The van der Waals surface area contributed by atoms with Crippen molar-refractivity contribution >= 4 is 5.97 Å². The minimum Gasteiger partial charge on any atom is -0.478 e. The van der Waals surface area contributed by atoms with Crippen molar-refractivity contribution in [3.8, 4) is 0 Å². The van der Waals surface area contributed by atoms with E-state index < -0.39 is 5.97 Å². The molecule has 2 N–H and O–H groups in total. The first-order valence-electron chi connectivity index (χ1n) is 5.88. The maximum atomic E-state index is 10.9. The smallest absolute Gasteiger partial charge is 0.339 e. The third kappa shape index (κ3) is 2.97. The van der Waals surface area contributed by atoms with Gasteiger partial charge in [0.1, 0.15) is 17.1 Å². The second-order valence-electron chi connectivity index (χ2n) is 4.35. The average molecular weight is 235 g/mol. The van der Waals surface area contributed by atoms with Gasteiger partial charge in [0, 0.05) is 6.04 Å². The van der Waals surface area contributed by atoms with Gasteiger partial charge < -0.3 is 14.8 Å². The molecule has 0 fully saturated rings. The highest BCUT2D eigenvalue weighted by Crippen LogP contribution is 2.16. The zero-order chi connectivity index (χ0) is 12.3. The van der Waals surface area contributed by atoms with Gasteiger partial charge in [-0.1, -0.05) is 12.2 Å². The van der Waals surface area contributed by atoms with E-state index in [0.29, 0.717) is 24.1 Å². The molecule has 4 nitrogen and oxygen atoms in total. The van der Waals surface area contributed by atoms with E-state index in [-0.39, 0.29) is 5.56 Å². The molecule has 1 heterocycles. The lowest BCUT2D eigenvalue weighted by atomic mass is 10.0. The number of rotatable bonds is 4. The Morgan fingerprint density at radius 1 is 1.59 bits per heavy atom. The molecule has 2 rings (SSSR count). The lowest BCUT2D eigenvalue weighted by Crippen LogP contribution is -2.28. The number of hydrogen-bond donors (Lipinski definition) is 2. The third-order valence-corrected chi connectivity index (χ3v) is 3.03. The van der Waals surface area contributed by atoms with Gasteiger partial charge in [-0.15, -0.1) is 0 Å². The summed E-state index contributed by atoms with van der Waals surface area (Å²) in [5.41, 5.74) is 0.255. The maximum Gasteiger partial charge on any atom is 0.339 e. The van der Waals surface area contributed by atoms with Crippen molar-refractivity contribution < 1.29 is 14.3 Å². The van der Waals surface area contributed by atoms with E-state index in [1.165, 1.54) is 0 Å². The van der Waals surface area contributed by atoms with Crippen molar-refractivity contribution in [3.05, 3.63) is 35.3 Å². The van der Waals surface area contributed by atoms with Gasteiger partial charge in [-0.05, 0) is 32.3 Å². The topological polar surface area (TPSA) is 62.5 Å². The fourth-order valence-electron chi connectivity index (χ4n) is 2.07. The third-order valence-electron chi connectivity index (χ3n) is 3.03. The van der Waals surface area contributed by atoms with E-state index >= 15 is 0 Å². The van der Waals surface area contributed by atoms with E-state index in [0.717, 1.165) is 19.3 Å². The van der Waals surface area contributed by atoms with Crippen LogP contribution < -0.4 is 5.32 Å². The van der Waals surface area contributed by atoms with Crippen LogP contribution in [0.2, 0.25) is 0 Å². The van der Waals surface area contributed by atoms with Gasteiger partial charge in [0.05, 0.1) is 6.54 Å². The lowest BCUT2D eigenvalue weighted by molar-refractivity contribution is 0.0695. The highest BCUT2D eigenvalue weighted by molar-refractivity contribution is 5.88. The first kappa shape index (κ1) is 11.9. The molecule has 1 unspecified atom stereocenters. The van der Waals surface area contributed by atoms with Crippen molar-refractivity contribution in [1.82, 2.24) is 5.32 Å². The van der Waals surface area contributed by atoms with E-state index in [1.807, 2.05) is 0 Å². The Kier molecular flexibility index (Phi) is 3.64. The van der Waals surface area contributed by atoms with Crippen LogP contribution in [-0.4, -0.2) is 17.1 Å². The van der Waals surface area contributed by atoms with Crippen LogP contribution in [0, 0.1) is 6.92 Å². The predicted molar refractivity (Wildman–Crippen MR) is 64.0 cm³/mol. The van der Waals surface area contributed by atoms with Crippen molar-refractivity contribution in [2.24, 2.45) is 0 Å². The molecule has 0 bridgehead atoms. The molecule has 0 spiro atoms. The molecule has 1 aliphatic carbocycles. The molecule has 0 radical (unpaired) electrons. The molecular weight excluding hydrogens is 218 g/mol. The zero-order valence-corrected chi connectivity index (χ0v) is 9.90. The monoisotopic (exact) mass is 235 g/mol. The van der Waals surface area contributed by atoms with Gasteiger partial charge in [-0.25, -0.2) is 4.79 Å². The van der Waals surface area contributed by atoms with Gasteiger partial charge in [-0.3, -0.25) is 0 Å². The van der Waals surface area contributed by atoms with Gasteiger partial charge in [0.15, 0.2) is 0 Å². The van der Waals surface area contributed by atoms with E-state index in [9.17, 15) is 4.79 Å². The van der Waals surface area contributed by atoms with Gasteiger partial charge in [0.2, 0.25) is 0 Å². The van der Waals surface area contributed by atoms with Crippen molar-refractivity contribution in [2.75, 3.05) is 0 Å². The Hall–Kier alpha value is -1.55. The highest BCUT2D eigenvalue weighted by Gasteiger charge is 2.15. The average Bonchev–Trinajstić information content (AvgIpc) is 2.69. The molecule has 1 aromatic heterocycles. The Morgan fingerprint density at radius 2 is 2.41 bits per heavy atom. The molecule has 0 saturated heterocycles. The zero-order valence-electron chi connectivity index (χ0n) is 9.90. The van der Waals surface area contributed by atoms with Crippen molar-refractivity contribution in [3.63, 3.8) is 0 Å². The molecule has 0 amide bonds. The molecule has 1 aromatic rings. The number of furan rings is 1. The van der Waals surface area contributed by atoms with Crippen LogP contribution in [0.5, 0.6) is 0 Å². The van der Waals surface area contributed by atoms with Crippen LogP contribution >= 0.6 is 0 Å². The van der Waals surface area contributed by atoms with Gasteiger partial charge >= 0.3 is 5.97 Å². The fraction of sp³-hybridized carbons (Fsp3) is 0.462. The van der Waals surface area contributed by atoms with Gasteiger partial charge in [0.25, 0.3) is 0 Å². The van der Waals surface area contributed by atoms with Crippen LogP contribution in [0.15, 0.2) is 22.6 Å². The normalized spacial score (nSPS) is 19.5. The molecular formula is C13H17NO3. The van der Waals surface area contributed by atoms with Crippen molar-refractivity contribution in [1.29, 1.82) is 0 Å². The second kappa shape index (κ2) is 5.19. The van der Waals surface area contributed by atoms with E-state index in [4.69, 9.17) is 9.52 Å². The number of carboxylic acids is 1. The van der Waals surface area contributed by atoms with Crippen molar-refractivity contribution in [2.45, 2.75) is 38.8 Å². The minimum absolute atomic E-state index is 0.255. The molecule has 1 aliphatic rings. The molecule has 4 heteroatoms. The summed E-state index contributed by atoms with van der Waals surface area (Å²) < 4.78 is 5.41. The van der Waals surface area contributed by atoms with Crippen LogP contribution in [0.1, 0.15) is 41.1 Å². The summed E-state index contributed by atoms with van der Waals surface area (Å²) in [6.07, 6.45) is 7.64. The molecule has 92 valence electrons.